The van der Waals surface area contributed by atoms with Gasteiger partial charge in [0.1, 0.15) is 35.9 Å². The maximum atomic E-state index is 14.6. The average Bonchev–Trinajstić information content (AvgIpc) is 3.77. The van der Waals surface area contributed by atoms with Crippen molar-refractivity contribution in [2.75, 3.05) is 27.4 Å². The highest BCUT2D eigenvalue weighted by atomic mass is 16.7. The minimum atomic E-state index is -2.51. The number of aromatic amines is 1. The third-order valence-corrected chi connectivity index (χ3v) is 14.8. The number of methoxy groups -OCH3 is 2. The Labute approximate surface area is 391 Å². The Kier molecular flexibility index (Phi) is 17.9. The number of piperidine rings is 1. The van der Waals surface area contributed by atoms with Crippen molar-refractivity contribution in [2.24, 2.45) is 29.6 Å². The van der Waals surface area contributed by atoms with Crippen molar-refractivity contribution < 1.29 is 57.8 Å². The molecule has 14 heteroatoms. The number of benzene rings is 1. The number of Topliss-reactive ketones (excluding diaryl/α,β-unsaturated/α-hetero) is 2. The number of rotatable bonds is 9. The Morgan fingerprint density at radius 3 is 2.39 bits per heavy atom. The van der Waals surface area contributed by atoms with Crippen LogP contribution >= 0.6 is 0 Å². The number of ketones is 2. The molecule has 6 rings (SSSR count). The molecular formula is C52H76N2O12. The molecule has 3 aliphatic heterocycles. The second kappa shape index (κ2) is 22.9. The van der Waals surface area contributed by atoms with Gasteiger partial charge in [-0.3, -0.25) is 14.4 Å². The first kappa shape index (κ1) is 51.5. The van der Waals surface area contributed by atoms with Crippen LogP contribution < -0.4 is 4.74 Å². The number of carbonyl (C=O) groups excluding carboxylic acids is 4. The Morgan fingerprint density at radius 1 is 0.939 bits per heavy atom. The van der Waals surface area contributed by atoms with E-state index >= 15 is 0 Å². The van der Waals surface area contributed by atoms with Crippen molar-refractivity contribution in [3.05, 3.63) is 53.8 Å². The van der Waals surface area contributed by atoms with E-state index in [1.807, 2.05) is 64.2 Å². The number of aliphatic hydroxyl groups excluding tert-OH is 1. The molecule has 1 aliphatic carbocycles. The van der Waals surface area contributed by atoms with Crippen LogP contribution in [0.5, 0.6) is 5.75 Å². The number of fused-ring (bicyclic) bond motifs is 4. The van der Waals surface area contributed by atoms with Crippen LogP contribution in [0.1, 0.15) is 119 Å². The number of H-pyrrole nitrogens is 1. The Morgan fingerprint density at radius 2 is 1.68 bits per heavy atom. The van der Waals surface area contributed by atoms with Crippen LogP contribution in [-0.4, -0.2) is 125 Å². The molecule has 14 nitrogen and oxygen atoms in total. The van der Waals surface area contributed by atoms with Gasteiger partial charge in [-0.25, -0.2) is 4.79 Å². The van der Waals surface area contributed by atoms with Gasteiger partial charge in [0.25, 0.3) is 11.7 Å². The van der Waals surface area contributed by atoms with Crippen molar-refractivity contribution in [3.63, 3.8) is 0 Å². The molecular weight excluding hydrogens is 845 g/mol. The first-order valence-electron chi connectivity index (χ1n) is 24.4. The maximum absolute atomic E-state index is 14.6. The van der Waals surface area contributed by atoms with E-state index in [0.717, 1.165) is 28.6 Å². The Balaban J connectivity index is 1.31. The largest absolute Gasteiger partial charge is 0.488 e. The lowest BCUT2D eigenvalue weighted by Crippen LogP contribution is -2.64. The van der Waals surface area contributed by atoms with Gasteiger partial charge in [-0.1, -0.05) is 45.4 Å². The maximum Gasteiger partial charge on any atom is 0.329 e. The molecule has 2 bridgehead atoms. The molecule has 1 amide bonds. The summed E-state index contributed by atoms with van der Waals surface area (Å²) in [6.45, 7) is 13.9. The number of allylic oxidation sites excluding steroid dienone is 3. The van der Waals surface area contributed by atoms with E-state index < -0.39 is 77.8 Å². The lowest BCUT2D eigenvalue weighted by Gasteiger charge is -2.47. The third kappa shape index (κ3) is 11.8. The number of aliphatic hydroxyl groups is 2. The number of cyclic esters (lactones) is 1. The van der Waals surface area contributed by atoms with Crippen LogP contribution in [0.4, 0.5) is 0 Å². The third-order valence-electron chi connectivity index (χ3n) is 14.8. The molecule has 3 N–H and O–H groups in total. The molecule has 66 heavy (non-hydrogen) atoms. The summed E-state index contributed by atoms with van der Waals surface area (Å²) in [5, 5.41) is 25.1. The predicted octanol–water partition coefficient (Wildman–Crippen LogP) is 7.43. The van der Waals surface area contributed by atoms with Gasteiger partial charge in [-0.05, 0) is 127 Å². The fraction of sp³-hybridized carbons (Fsp3) is 0.692. The van der Waals surface area contributed by atoms with E-state index in [0.29, 0.717) is 57.1 Å². The molecule has 14 unspecified atom stereocenters. The summed E-state index contributed by atoms with van der Waals surface area (Å²) in [7, 11) is 3.08. The van der Waals surface area contributed by atoms with E-state index in [4.69, 9.17) is 28.4 Å². The number of ether oxygens (including phenoxy) is 6. The lowest BCUT2D eigenvalue weighted by atomic mass is 9.81. The van der Waals surface area contributed by atoms with Gasteiger partial charge in [0.05, 0.1) is 24.4 Å². The van der Waals surface area contributed by atoms with Crippen molar-refractivity contribution in [2.45, 2.75) is 174 Å². The average molecular weight is 921 g/mol. The number of nitrogens with one attached hydrogen (secondary N) is 1. The molecule has 3 fully saturated rings. The Bertz CT molecular complexity index is 2050. The van der Waals surface area contributed by atoms with Gasteiger partial charge in [0, 0.05) is 68.6 Å². The number of carbonyl (C=O) groups is 4. The number of hydrogen-bond acceptors (Lipinski definition) is 12. The van der Waals surface area contributed by atoms with E-state index in [9.17, 15) is 29.4 Å². The van der Waals surface area contributed by atoms with E-state index in [1.54, 1.807) is 28.1 Å². The van der Waals surface area contributed by atoms with Gasteiger partial charge >= 0.3 is 5.97 Å². The second-order valence-corrected chi connectivity index (χ2v) is 19.7. The molecule has 366 valence electrons. The van der Waals surface area contributed by atoms with E-state index in [1.165, 1.54) is 4.90 Å². The fourth-order valence-corrected chi connectivity index (χ4v) is 10.9. The molecule has 1 aromatic carbocycles. The predicted molar refractivity (Wildman–Crippen MR) is 249 cm³/mol. The molecule has 2 saturated heterocycles. The number of aromatic nitrogens is 1. The van der Waals surface area contributed by atoms with Crippen LogP contribution in [0.25, 0.3) is 10.9 Å². The molecule has 1 aromatic heterocycles. The van der Waals surface area contributed by atoms with E-state index in [-0.39, 0.29) is 55.6 Å². The fourth-order valence-electron chi connectivity index (χ4n) is 10.9. The van der Waals surface area contributed by atoms with Crippen LogP contribution in [0.15, 0.2) is 53.8 Å². The molecule has 2 aromatic rings. The zero-order chi connectivity index (χ0) is 47.9. The highest BCUT2D eigenvalue weighted by Crippen LogP contribution is 2.40. The smallest absolute Gasteiger partial charge is 0.329 e. The summed E-state index contributed by atoms with van der Waals surface area (Å²) in [6.07, 6.45) is 6.60. The van der Waals surface area contributed by atoms with Crippen LogP contribution in [0, 0.1) is 29.6 Å². The first-order valence-corrected chi connectivity index (χ1v) is 24.4. The highest BCUT2D eigenvalue weighted by molar-refractivity contribution is 6.39. The monoisotopic (exact) mass is 921 g/mol. The van der Waals surface area contributed by atoms with Crippen LogP contribution in [-0.2, 0) is 42.9 Å². The van der Waals surface area contributed by atoms with Gasteiger partial charge in [0.15, 0.2) is 0 Å². The molecule has 4 heterocycles. The standard InChI is InChI=1S/C52H76N2O12/c1-10-36-23-30(3)22-31(4)24-45(61-8)48-46(62-9)26-33(6)52(60,66-48)49(57)50(58)54-21-13-12-14-40(54)51(59)65-47(34(7)41(55)29-42(36)56)32(5)25-35-15-18-43(44(27-35)63-11-2)64-38-16-17-39-37(28-38)19-20-53-39/h16-17,19-20,23,25,28,31,33-36,40-41,43-48,53,55,60H,10-15,18,21-22,24,26-27,29H2,1-9H3/b30-23+,32-25?. The lowest BCUT2D eigenvalue weighted by molar-refractivity contribution is -0.302. The minimum Gasteiger partial charge on any atom is -0.488 e. The number of nitrogens with zero attached hydrogens (tertiary/aromatic N) is 1. The Hall–Kier alpha value is -3.92. The van der Waals surface area contributed by atoms with Gasteiger partial charge in [0.2, 0.25) is 5.79 Å². The molecule has 4 aliphatic rings. The summed E-state index contributed by atoms with van der Waals surface area (Å²) < 4.78 is 37.3. The topological polar surface area (TPSA) is 183 Å². The van der Waals surface area contributed by atoms with Crippen LogP contribution in [0.2, 0.25) is 0 Å². The molecule has 0 spiro atoms. The van der Waals surface area contributed by atoms with Crippen molar-refractivity contribution in [1.82, 2.24) is 9.88 Å². The van der Waals surface area contributed by atoms with Gasteiger partial charge < -0.3 is 48.5 Å². The van der Waals surface area contributed by atoms with Crippen molar-refractivity contribution >= 4 is 34.3 Å². The summed E-state index contributed by atoms with van der Waals surface area (Å²) in [5.41, 5.74) is 2.73. The second-order valence-electron chi connectivity index (χ2n) is 19.7. The molecule has 0 radical (unpaired) electrons. The normalized spacial score (nSPS) is 37.1. The van der Waals surface area contributed by atoms with E-state index in [2.05, 4.69) is 18.0 Å². The highest BCUT2D eigenvalue weighted by Gasteiger charge is 2.56. The minimum absolute atomic E-state index is 0.0196. The number of esters is 1. The molecule has 14 atom stereocenters. The van der Waals surface area contributed by atoms with Gasteiger partial charge in [-0.15, -0.1) is 0 Å². The summed E-state index contributed by atoms with van der Waals surface area (Å²) in [4.78, 5) is 61.8. The zero-order valence-corrected chi connectivity index (χ0v) is 40.7. The summed E-state index contributed by atoms with van der Waals surface area (Å²) in [5.74, 6) is -6.70. The quantitative estimate of drug-likeness (QED) is 0.129. The number of hydrogen-bond donors (Lipinski definition) is 3. The molecule has 1 saturated carbocycles. The van der Waals surface area contributed by atoms with Crippen LogP contribution in [0.3, 0.4) is 0 Å². The summed E-state index contributed by atoms with van der Waals surface area (Å²) in [6, 6.07) is 6.85. The SMILES string of the molecule is CCOC1CC(C=C(C)C2OC(=O)C3CCCCN3C(=O)C(=O)C3(O)OC(C(OC)CC(C)C/C(C)=C/C(CC)C(=O)CC(O)C2C)C(OC)CC3C)CCC1Oc1ccc2[nH]ccc2c1. The van der Waals surface area contributed by atoms with Crippen molar-refractivity contribution in [1.29, 1.82) is 0 Å². The number of amides is 1. The zero-order valence-electron chi connectivity index (χ0n) is 40.7. The van der Waals surface area contributed by atoms with Gasteiger partial charge in [-0.2, -0.15) is 0 Å². The first-order chi connectivity index (χ1) is 31.5. The van der Waals surface area contributed by atoms with Crippen molar-refractivity contribution in [3.8, 4) is 5.75 Å². The summed E-state index contributed by atoms with van der Waals surface area (Å²) >= 11 is 0.